The van der Waals surface area contributed by atoms with Gasteiger partial charge >= 0.3 is 5.69 Å². The van der Waals surface area contributed by atoms with Gasteiger partial charge in [-0.15, -0.1) is 0 Å². The van der Waals surface area contributed by atoms with E-state index in [9.17, 15) is 9.59 Å². The lowest BCUT2D eigenvalue weighted by molar-refractivity contribution is 0.718. The Balaban J connectivity index is 2.02. The minimum absolute atomic E-state index is 0.150. The van der Waals surface area contributed by atoms with Gasteiger partial charge in [-0.05, 0) is 30.2 Å². The summed E-state index contributed by atoms with van der Waals surface area (Å²) in [5.74, 6) is 0.150. The predicted octanol–water partition coefficient (Wildman–Crippen LogP) is 2.85. The van der Waals surface area contributed by atoms with Crippen LogP contribution >= 0.6 is 11.6 Å². The molecule has 0 radical (unpaired) electrons. The van der Waals surface area contributed by atoms with Crippen LogP contribution in [0.1, 0.15) is 18.1 Å². The van der Waals surface area contributed by atoms with Gasteiger partial charge in [0.1, 0.15) is 11.5 Å². The molecule has 0 aliphatic carbocycles. The van der Waals surface area contributed by atoms with E-state index >= 15 is 0 Å². The van der Waals surface area contributed by atoms with E-state index in [0.717, 1.165) is 11.1 Å². The van der Waals surface area contributed by atoms with E-state index in [1.807, 2.05) is 60.4 Å². The second-order valence-corrected chi connectivity index (χ2v) is 6.65. The van der Waals surface area contributed by atoms with Gasteiger partial charge in [0.25, 0.3) is 5.56 Å². The number of aromatic amines is 1. The van der Waals surface area contributed by atoms with Gasteiger partial charge in [0, 0.05) is 18.1 Å². The van der Waals surface area contributed by atoms with Crippen molar-refractivity contribution in [1.29, 1.82) is 0 Å². The SMILES string of the molecule is CCN(Cc1cccc(Cl)c1)c1c(N)n(Cc2ccccc2)c(=O)[nH]c1=O. The number of nitrogens with two attached hydrogens (primary N) is 1. The summed E-state index contributed by atoms with van der Waals surface area (Å²) in [7, 11) is 0. The van der Waals surface area contributed by atoms with E-state index in [-0.39, 0.29) is 18.1 Å². The molecular weight excluding hydrogens is 364 g/mol. The third kappa shape index (κ3) is 4.23. The fourth-order valence-electron chi connectivity index (χ4n) is 3.01. The van der Waals surface area contributed by atoms with Crippen molar-refractivity contribution in [3.05, 3.63) is 91.6 Å². The number of hydrogen-bond donors (Lipinski definition) is 2. The number of nitrogen functional groups attached to an aromatic ring is 1. The van der Waals surface area contributed by atoms with E-state index < -0.39 is 11.2 Å². The molecule has 0 bridgehead atoms. The zero-order valence-electron chi connectivity index (χ0n) is 15.0. The quantitative estimate of drug-likeness (QED) is 0.684. The van der Waals surface area contributed by atoms with Crippen molar-refractivity contribution in [3.8, 4) is 0 Å². The van der Waals surface area contributed by atoms with Crippen molar-refractivity contribution >= 4 is 23.1 Å². The normalized spacial score (nSPS) is 10.7. The summed E-state index contributed by atoms with van der Waals surface area (Å²) < 4.78 is 1.38. The van der Waals surface area contributed by atoms with E-state index in [0.29, 0.717) is 18.1 Å². The second-order valence-electron chi connectivity index (χ2n) is 6.21. The molecule has 0 saturated carbocycles. The maximum Gasteiger partial charge on any atom is 0.330 e. The van der Waals surface area contributed by atoms with Crippen LogP contribution in [0, 0.1) is 0 Å². The molecule has 6 nitrogen and oxygen atoms in total. The number of rotatable bonds is 6. The molecule has 0 unspecified atom stereocenters. The molecule has 7 heteroatoms. The summed E-state index contributed by atoms with van der Waals surface area (Å²) in [4.78, 5) is 29.0. The Hall–Kier alpha value is -2.99. The van der Waals surface area contributed by atoms with Crippen LogP contribution in [-0.2, 0) is 13.1 Å². The molecule has 1 heterocycles. The number of H-pyrrole nitrogens is 1. The summed E-state index contributed by atoms with van der Waals surface area (Å²) in [6.45, 7) is 3.21. The highest BCUT2D eigenvalue weighted by Crippen LogP contribution is 2.21. The van der Waals surface area contributed by atoms with Crippen LogP contribution < -0.4 is 21.9 Å². The monoisotopic (exact) mass is 384 g/mol. The molecule has 140 valence electrons. The highest BCUT2D eigenvalue weighted by molar-refractivity contribution is 6.30. The van der Waals surface area contributed by atoms with Crippen molar-refractivity contribution in [1.82, 2.24) is 9.55 Å². The van der Waals surface area contributed by atoms with Gasteiger partial charge in [0.2, 0.25) is 0 Å². The highest BCUT2D eigenvalue weighted by Gasteiger charge is 2.18. The Labute approximate surface area is 161 Å². The van der Waals surface area contributed by atoms with Gasteiger partial charge in [-0.3, -0.25) is 14.3 Å². The van der Waals surface area contributed by atoms with Gasteiger partial charge in [-0.25, -0.2) is 4.79 Å². The molecule has 0 fully saturated rings. The van der Waals surface area contributed by atoms with Crippen molar-refractivity contribution in [3.63, 3.8) is 0 Å². The molecule has 0 amide bonds. The minimum atomic E-state index is -0.524. The summed E-state index contributed by atoms with van der Waals surface area (Å²) in [5, 5.41) is 0.625. The molecule has 0 aliphatic rings. The first-order chi connectivity index (χ1) is 13.0. The van der Waals surface area contributed by atoms with E-state index in [1.165, 1.54) is 4.57 Å². The average molecular weight is 385 g/mol. The first-order valence-corrected chi connectivity index (χ1v) is 9.03. The van der Waals surface area contributed by atoms with Crippen molar-refractivity contribution < 1.29 is 0 Å². The van der Waals surface area contributed by atoms with Gasteiger partial charge in [0.05, 0.1) is 6.54 Å². The molecule has 3 N–H and O–H groups in total. The topological polar surface area (TPSA) is 84.1 Å². The van der Waals surface area contributed by atoms with E-state index in [1.54, 1.807) is 6.07 Å². The summed E-state index contributed by atoms with van der Waals surface area (Å²) in [6, 6.07) is 16.9. The second kappa shape index (κ2) is 8.14. The lowest BCUT2D eigenvalue weighted by Crippen LogP contribution is -2.38. The Kier molecular flexibility index (Phi) is 5.66. The Morgan fingerprint density at radius 2 is 1.78 bits per heavy atom. The molecule has 0 aliphatic heterocycles. The molecule has 1 aromatic heterocycles. The maximum absolute atomic E-state index is 12.5. The lowest BCUT2D eigenvalue weighted by Gasteiger charge is -2.25. The summed E-state index contributed by atoms with van der Waals surface area (Å²) in [6.07, 6.45) is 0. The third-order valence-electron chi connectivity index (χ3n) is 4.36. The van der Waals surface area contributed by atoms with Gasteiger partial charge < -0.3 is 10.6 Å². The summed E-state index contributed by atoms with van der Waals surface area (Å²) >= 11 is 6.06. The molecule has 3 rings (SSSR count). The molecule has 0 spiro atoms. The number of benzene rings is 2. The van der Waals surface area contributed by atoms with Crippen LogP contribution in [0.3, 0.4) is 0 Å². The Morgan fingerprint density at radius 3 is 2.44 bits per heavy atom. The number of halogens is 1. The van der Waals surface area contributed by atoms with Crippen molar-refractivity contribution in [2.24, 2.45) is 0 Å². The first kappa shape index (κ1) is 18.8. The molecule has 0 atom stereocenters. The van der Waals surface area contributed by atoms with Crippen LogP contribution in [0.15, 0.2) is 64.2 Å². The number of nitrogens with zero attached hydrogens (tertiary/aromatic N) is 2. The van der Waals surface area contributed by atoms with Crippen LogP contribution in [0.4, 0.5) is 11.5 Å². The molecule has 2 aromatic carbocycles. The third-order valence-corrected chi connectivity index (χ3v) is 4.59. The van der Waals surface area contributed by atoms with Crippen LogP contribution in [-0.4, -0.2) is 16.1 Å². The lowest BCUT2D eigenvalue weighted by atomic mass is 10.2. The van der Waals surface area contributed by atoms with Crippen LogP contribution in [0.2, 0.25) is 5.02 Å². The highest BCUT2D eigenvalue weighted by atomic mass is 35.5. The molecular formula is C20H21ClN4O2. The first-order valence-electron chi connectivity index (χ1n) is 8.65. The average Bonchev–Trinajstić information content (AvgIpc) is 2.65. The van der Waals surface area contributed by atoms with Gasteiger partial charge in [-0.1, -0.05) is 54.1 Å². The van der Waals surface area contributed by atoms with Crippen molar-refractivity contribution in [2.75, 3.05) is 17.2 Å². The van der Waals surface area contributed by atoms with Gasteiger partial charge in [-0.2, -0.15) is 0 Å². The molecule has 27 heavy (non-hydrogen) atoms. The molecule has 0 saturated heterocycles. The number of anilines is 2. The Bertz CT molecular complexity index is 1040. The van der Waals surface area contributed by atoms with Gasteiger partial charge in [0.15, 0.2) is 0 Å². The summed E-state index contributed by atoms with van der Waals surface area (Å²) in [5.41, 5.74) is 7.40. The van der Waals surface area contributed by atoms with Crippen LogP contribution in [0.5, 0.6) is 0 Å². The zero-order chi connectivity index (χ0) is 19.4. The standard InChI is InChI=1S/C20H21ClN4O2/c1-2-24(12-15-9-6-10-16(21)11-15)17-18(22)25(20(27)23-19(17)26)13-14-7-4-3-5-8-14/h3-11H,2,12-13,22H2,1H3,(H,23,26,27). The predicted molar refractivity (Wildman–Crippen MR) is 109 cm³/mol. The maximum atomic E-state index is 12.5. The number of hydrogen-bond acceptors (Lipinski definition) is 4. The number of aromatic nitrogens is 2. The van der Waals surface area contributed by atoms with E-state index in [4.69, 9.17) is 17.3 Å². The van der Waals surface area contributed by atoms with E-state index in [2.05, 4.69) is 4.98 Å². The van der Waals surface area contributed by atoms with Crippen LogP contribution in [0.25, 0.3) is 0 Å². The zero-order valence-corrected chi connectivity index (χ0v) is 15.7. The number of nitrogens with one attached hydrogen (secondary N) is 1. The smallest absolute Gasteiger partial charge is 0.330 e. The Morgan fingerprint density at radius 1 is 1.07 bits per heavy atom. The van der Waals surface area contributed by atoms with Crippen molar-refractivity contribution in [2.45, 2.75) is 20.0 Å². The largest absolute Gasteiger partial charge is 0.383 e. The fraction of sp³-hybridized carbons (Fsp3) is 0.200. The minimum Gasteiger partial charge on any atom is -0.383 e. The fourth-order valence-corrected chi connectivity index (χ4v) is 3.22. The molecule has 3 aromatic rings.